The number of phenolic OH excluding ortho intramolecular Hbond substituents is 1. The summed E-state index contributed by atoms with van der Waals surface area (Å²) in [4.78, 5) is 10.4. The lowest BCUT2D eigenvalue weighted by atomic mass is 10.00. The third kappa shape index (κ3) is 2.25. The molecule has 1 rings (SSSR count). The van der Waals surface area contributed by atoms with Crippen LogP contribution in [0.4, 0.5) is 0 Å². The van der Waals surface area contributed by atoms with Gasteiger partial charge in [-0.15, -0.1) is 0 Å². The summed E-state index contributed by atoms with van der Waals surface area (Å²) >= 11 is 0. The van der Waals surface area contributed by atoms with Crippen LogP contribution in [0.25, 0.3) is 0 Å². The van der Waals surface area contributed by atoms with Crippen molar-refractivity contribution in [2.45, 2.75) is 26.7 Å². The van der Waals surface area contributed by atoms with Crippen LogP contribution in [0.5, 0.6) is 5.75 Å². The largest absolute Gasteiger partial charge is 0.507 e. The van der Waals surface area contributed by atoms with E-state index in [1.807, 2.05) is 19.1 Å². The zero-order valence-electron chi connectivity index (χ0n) is 8.37. The third-order valence-electron chi connectivity index (χ3n) is 2.31. The zero-order valence-corrected chi connectivity index (χ0v) is 8.37. The second-order valence-electron chi connectivity index (χ2n) is 3.42. The van der Waals surface area contributed by atoms with Gasteiger partial charge < -0.3 is 10.2 Å². The number of hydrogen-bond acceptors (Lipinski definition) is 2. The molecule has 0 amide bonds. The summed E-state index contributed by atoms with van der Waals surface area (Å²) in [6.07, 6.45) is 0.437. The fraction of sp³-hybridized carbons (Fsp3) is 0.364. The van der Waals surface area contributed by atoms with Gasteiger partial charge in [0, 0.05) is 6.42 Å². The monoisotopic (exact) mass is 194 g/mol. The molecule has 2 N–H and O–H groups in total. The summed E-state index contributed by atoms with van der Waals surface area (Å²) in [5, 5.41) is 18.2. The Morgan fingerprint density at radius 2 is 1.86 bits per heavy atom. The van der Waals surface area contributed by atoms with Crippen molar-refractivity contribution in [1.82, 2.24) is 0 Å². The number of phenols is 1. The molecule has 0 fully saturated rings. The predicted octanol–water partition coefficient (Wildman–Crippen LogP) is 2.03. The minimum atomic E-state index is -0.842. The van der Waals surface area contributed by atoms with Gasteiger partial charge in [0.1, 0.15) is 5.75 Å². The van der Waals surface area contributed by atoms with E-state index >= 15 is 0 Å². The molecule has 0 aliphatic heterocycles. The summed E-state index contributed by atoms with van der Waals surface area (Å²) in [5.74, 6) is -0.614. The van der Waals surface area contributed by atoms with Gasteiger partial charge in [-0.05, 0) is 37.0 Å². The van der Waals surface area contributed by atoms with Crippen molar-refractivity contribution in [2.24, 2.45) is 0 Å². The molecule has 1 aromatic rings. The summed E-state index contributed by atoms with van der Waals surface area (Å²) in [7, 11) is 0. The number of aromatic hydroxyl groups is 1. The molecule has 1 aromatic carbocycles. The minimum absolute atomic E-state index is 0.0534. The lowest BCUT2D eigenvalue weighted by molar-refractivity contribution is -0.136. The minimum Gasteiger partial charge on any atom is -0.507 e. The molecule has 0 aromatic heterocycles. The van der Waals surface area contributed by atoms with Crippen molar-refractivity contribution < 1.29 is 15.0 Å². The number of benzene rings is 1. The Morgan fingerprint density at radius 3 is 2.43 bits per heavy atom. The van der Waals surface area contributed by atoms with Gasteiger partial charge in [0.2, 0.25) is 0 Å². The van der Waals surface area contributed by atoms with Crippen LogP contribution in [0.2, 0.25) is 0 Å². The van der Waals surface area contributed by atoms with Crippen LogP contribution in [-0.2, 0) is 11.2 Å². The molecule has 0 radical (unpaired) electrons. The maximum Gasteiger partial charge on any atom is 0.303 e. The number of carboxylic acid groups (broad SMARTS) is 1. The first kappa shape index (κ1) is 10.6. The molecular weight excluding hydrogens is 180 g/mol. The molecule has 3 heteroatoms. The molecule has 0 aliphatic carbocycles. The van der Waals surface area contributed by atoms with Crippen molar-refractivity contribution in [2.75, 3.05) is 0 Å². The number of hydrogen-bond donors (Lipinski definition) is 2. The zero-order chi connectivity index (χ0) is 10.7. The lowest BCUT2D eigenvalue weighted by Gasteiger charge is -2.09. The number of aryl methyl sites for hydroxylation is 2. The molecule has 0 bridgehead atoms. The van der Waals surface area contributed by atoms with E-state index < -0.39 is 5.97 Å². The normalized spacial score (nSPS) is 10.1. The molecule has 0 aliphatic rings. The maximum absolute atomic E-state index is 10.4. The summed E-state index contributed by atoms with van der Waals surface area (Å²) in [6.45, 7) is 3.68. The van der Waals surface area contributed by atoms with E-state index in [9.17, 15) is 9.90 Å². The summed E-state index contributed by atoms with van der Waals surface area (Å²) in [5.41, 5.74) is 2.47. The van der Waals surface area contributed by atoms with Crippen LogP contribution >= 0.6 is 0 Å². The topological polar surface area (TPSA) is 57.5 Å². The third-order valence-corrected chi connectivity index (χ3v) is 2.31. The van der Waals surface area contributed by atoms with Gasteiger partial charge in [-0.3, -0.25) is 4.79 Å². The molecule has 14 heavy (non-hydrogen) atoms. The SMILES string of the molecule is Cc1ccc(C)c(CCC(=O)O)c1O. The first-order chi connectivity index (χ1) is 6.52. The average molecular weight is 194 g/mol. The van der Waals surface area contributed by atoms with Crippen LogP contribution in [-0.4, -0.2) is 16.2 Å². The quantitative estimate of drug-likeness (QED) is 0.774. The smallest absolute Gasteiger partial charge is 0.303 e. The van der Waals surface area contributed by atoms with E-state index in [0.29, 0.717) is 6.42 Å². The Hall–Kier alpha value is -1.51. The summed E-state index contributed by atoms with van der Waals surface area (Å²) in [6, 6.07) is 3.72. The molecule has 3 nitrogen and oxygen atoms in total. The van der Waals surface area contributed by atoms with E-state index in [-0.39, 0.29) is 12.2 Å². The Morgan fingerprint density at radius 1 is 1.29 bits per heavy atom. The van der Waals surface area contributed by atoms with Crippen LogP contribution < -0.4 is 0 Å². The molecule has 0 unspecified atom stereocenters. The Balaban J connectivity index is 2.95. The molecule has 0 heterocycles. The van der Waals surface area contributed by atoms with Gasteiger partial charge in [0.05, 0.1) is 0 Å². The molecule has 76 valence electrons. The maximum atomic E-state index is 10.4. The van der Waals surface area contributed by atoms with Crippen molar-refractivity contribution in [3.8, 4) is 5.75 Å². The molecule has 0 atom stereocenters. The number of aliphatic carboxylic acids is 1. The van der Waals surface area contributed by atoms with E-state index in [0.717, 1.165) is 16.7 Å². The highest BCUT2D eigenvalue weighted by molar-refractivity contribution is 5.67. The van der Waals surface area contributed by atoms with Gasteiger partial charge in [-0.25, -0.2) is 0 Å². The van der Waals surface area contributed by atoms with Crippen LogP contribution in [0, 0.1) is 13.8 Å². The highest BCUT2D eigenvalue weighted by atomic mass is 16.4. The second kappa shape index (κ2) is 4.13. The van der Waals surface area contributed by atoms with Crippen LogP contribution in [0.15, 0.2) is 12.1 Å². The highest BCUT2D eigenvalue weighted by Gasteiger charge is 2.09. The number of carbonyl (C=O) groups is 1. The molecule has 0 saturated heterocycles. The van der Waals surface area contributed by atoms with Gasteiger partial charge in [0.25, 0.3) is 0 Å². The van der Waals surface area contributed by atoms with Gasteiger partial charge >= 0.3 is 5.97 Å². The standard InChI is InChI=1S/C11H14O3/c1-7-3-4-8(2)11(14)9(7)5-6-10(12)13/h3-4,14H,5-6H2,1-2H3,(H,12,13). The Kier molecular flexibility index (Phi) is 3.12. The van der Waals surface area contributed by atoms with Crippen molar-refractivity contribution in [1.29, 1.82) is 0 Å². The highest BCUT2D eigenvalue weighted by Crippen LogP contribution is 2.26. The fourth-order valence-corrected chi connectivity index (χ4v) is 1.40. The van der Waals surface area contributed by atoms with Crippen LogP contribution in [0.1, 0.15) is 23.1 Å². The first-order valence-corrected chi connectivity index (χ1v) is 4.52. The van der Waals surface area contributed by atoms with Crippen LogP contribution in [0.3, 0.4) is 0 Å². The Bertz CT molecular complexity index is 356. The fourth-order valence-electron chi connectivity index (χ4n) is 1.40. The van der Waals surface area contributed by atoms with Gasteiger partial charge in [0.15, 0.2) is 0 Å². The van der Waals surface area contributed by atoms with E-state index in [4.69, 9.17) is 5.11 Å². The molecular formula is C11H14O3. The lowest BCUT2D eigenvalue weighted by Crippen LogP contribution is -2.00. The summed E-state index contributed by atoms with van der Waals surface area (Å²) < 4.78 is 0. The van der Waals surface area contributed by atoms with Crippen molar-refractivity contribution in [3.05, 3.63) is 28.8 Å². The average Bonchev–Trinajstić information content (AvgIpc) is 2.11. The van der Waals surface area contributed by atoms with Gasteiger partial charge in [-0.1, -0.05) is 12.1 Å². The second-order valence-corrected chi connectivity index (χ2v) is 3.42. The van der Waals surface area contributed by atoms with E-state index in [1.165, 1.54) is 0 Å². The first-order valence-electron chi connectivity index (χ1n) is 4.52. The molecule has 0 spiro atoms. The van der Waals surface area contributed by atoms with Crippen molar-refractivity contribution >= 4 is 5.97 Å². The van der Waals surface area contributed by atoms with Crippen molar-refractivity contribution in [3.63, 3.8) is 0 Å². The predicted molar refractivity (Wildman–Crippen MR) is 53.5 cm³/mol. The Labute approximate surface area is 83.0 Å². The number of carboxylic acids is 1. The number of rotatable bonds is 3. The van der Waals surface area contributed by atoms with E-state index in [2.05, 4.69) is 0 Å². The molecule has 0 saturated carbocycles. The van der Waals surface area contributed by atoms with E-state index in [1.54, 1.807) is 6.92 Å². The van der Waals surface area contributed by atoms with Gasteiger partial charge in [-0.2, -0.15) is 0 Å².